The van der Waals surface area contributed by atoms with E-state index in [2.05, 4.69) is 20.5 Å². The maximum absolute atomic E-state index is 12.9. The average molecular weight is 421 g/mol. The van der Waals surface area contributed by atoms with E-state index >= 15 is 0 Å². The lowest BCUT2D eigenvalue weighted by molar-refractivity contribution is -0.118. The second-order valence-electron chi connectivity index (χ2n) is 6.83. The smallest absolute Gasteiger partial charge is 0.261 e. The number of primary amides is 1. The van der Waals surface area contributed by atoms with Crippen molar-refractivity contribution in [1.29, 1.82) is 0 Å². The van der Waals surface area contributed by atoms with Crippen LogP contribution in [0, 0.1) is 13.8 Å². The molecule has 0 aliphatic carbocycles. The minimum absolute atomic E-state index is 0.241. The van der Waals surface area contributed by atoms with Crippen LogP contribution < -0.4 is 11.3 Å². The zero-order valence-electron chi connectivity index (χ0n) is 16.4. The van der Waals surface area contributed by atoms with Crippen LogP contribution in [0.25, 0.3) is 16.6 Å². The normalized spacial score (nSPS) is 11.1. The second-order valence-corrected chi connectivity index (χ2v) is 7.78. The topological polar surface area (TPSA) is 122 Å². The number of carbonyl (C=O) groups excluding carboxylic acids is 1. The van der Waals surface area contributed by atoms with Gasteiger partial charge < -0.3 is 5.73 Å². The molecule has 0 spiro atoms. The molecule has 152 valence electrons. The highest BCUT2D eigenvalue weighted by molar-refractivity contribution is 7.98. The summed E-state index contributed by atoms with van der Waals surface area (Å²) in [5, 5.41) is 12.9. The maximum atomic E-state index is 12.9. The fraction of sp³-hybridized carbons (Fsp3) is 0.200. The van der Waals surface area contributed by atoms with Crippen molar-refractivity contribution in [1.82, 2.24) is 29.8 Å². The highest BCUT2D eigenvalue weighted by Gasteiger charge is 2.16. The molecule has 1 amide bonds. The number of aryl methyl sites for hydroxylation is 2. The number of thioether (sulfide) groups is 1. The van der Waals surface area contributed by atoms with Crippen molar-refractivity contribution < 1.29 is 4.79 Å². The minimum Gasteiger partial charge on any atom is -0.368 e. The lowest BCUT2D eigenvalue weighted by Gasteiger charge is -2.12. The SMILES string of the molecule is Cc1ccc(-n2nnnc2SCc2nc3ccccc3c(=O)n2CC(N)=O)cc1C. The van der Waals surface area contributed by atoms with Crippen molar-refractivity contribution in [2.24, 2.45) is 5.73 Å². The molecule has 0 fully saturated rings. The van der Waals surface area contributed by atoms with E-state index in [1.165, 1.54) is 21.9 Å². The molecular weight excluding hydrogens is 402 g/mol. The summed E-state index contributed by atoms with van der Waals surface area (Å²) in [6.07, 6.45) is 0. The molecule has 0 atom stereocenters. The number of para-hydroxylation sites is 1. The Morgan fingerprint density at radius 1 is 1.13 bits per heavy atom. The third-order valence-electron chi connectivity index (χ3n) is 4.76. The molecule has 2 heterocycles. The molecule has 0 saturated carbocycles. The predicted molar refractivity (Wildman–Crippen MR) is 113 cm³/mol. The van der Waals surface area contributed by atoms with Gasteiger partial charge in [-0.1, -0.05) is 30.0 Å². The molecule has 2 aromatic carbocycles. The number of fused-ring (bicyclic) bond motifs is 1. The van der Waals surface area contributed by atoms with Crippen LogP contribution in [0.3, 0.4) is 0 Å². The lowest BCUT2D eigenvalue weighted by Crippen LogP contribution is -2.31. The quantitative estimate of drug-likeness (QED) is 0.471. The number of tetrazole rings is 1. The first-order valence-corrected chi connectivity index (χ1v) is 10.2. The average Bonchev–Trinajstić information content (AvgIpc) is 3.19. The number of rotatable bonds is 6. The summed E-state index contributed by atoms with van der Waals surface area (Å²) in [4.78, 5) is 29.0. The van der Waals surface area contributed by atoms with Crippen molar-refractivity contribution in [3.63, 3.8) is 0 Å². The molecule has 2 N–H and O–H groups in total. The Labute approximate surface area is 175 Å². The van der Waals surface area contributed by atoms with Crippen molar-refractivity contribution in [2.75, 3.05) is 0 Å². The van der Waals surface area contributed by atoms with E-state index in [4.69, 9.17) is 5.73 Å². The predicted octanol–water partition coefficient (Wildman–Crippen LogP) is 1.77. The summed E-state index contributed by atoms with van der Waals surface area (Å²) in [5.41, 5.74) is 8.76. The standard InChI is InChI=1S/C20H19N7O2S/c1-12-7-8-14(9-13(12)2)27-20(23-24-25-27)30-11-18-22-16-6-4-3-5-15(16)19(29)26(18)10-17(21)28/h3-9H,10-11H2,1-2H3,(H2,21,28). The fourth-order valence-electron chi connectivity index (χ4n) is 3.06. The van der Waals surface area contributed by atoms with E-state index in [0.717, 1.165) is 11.3 Å². The molecule has 0 saturated heterocycles. The van der Waals surface area contributed by atoms with Gasteiger partial charge in [-0.3, -0.25) is 14.2 Å². The first-order valence-electron chi connectivity index (χ1n) is 9.19. The monoisotopic (exact) mass is 421 g/mol. The van der Waals surface area contributed by atoms with Gasteiger partial charge in [-0.25, -0.2) is 4.98 Å². The van der Waals surface area contributed by atoms with E-state index in [0.29, 0.717) is 27.6 Å². The summed E-state index contributed by atoms with van der Waals surface area (Å²) in [6, 6.07) is 13.0. The molecule has 30 heavy (non-hydrogen) atoms. The van der Waals surface area contributed by atoms with Crippen molar-refractivity contribution >= 4 is 28.6 Å². The number of aromatic nitrogens is 6. The largest absolute Gasteiger partial charge is 0.368 e. The summed E-state index contributed by atoms with van der Waals surface area (Å²) >= 11 is 1.32. The van der Waals surface area contributed by atoms with Crippen molar-refractivity contribution in [3.05, 3.63) is 69.8 Å². The Morgan fingerprint density at radius 3 is 2.70 bits per heavy atom. The van der Waals surface area contributed by atoms with Gasteiger partial charge in [0.05, 0.1) is 22.3 Å². The van der Waals surface area contributed by atoms with Gasteiger partial charge in [0.2, 0.25) is 11.1 Å². The van der Waals surface area contributed by atoms with Crippen molar-refractivity contribution in [2.45, 2.75) is 31.3 Å². The third-order valence-corrected chi connectivity index (χ3v) is 5.68. The van der Waals surface area contributed by atoms with E-state index in [1.54, 1.807) is 22.9 Å². The molecule has 0 radical (unpaired) electrons. The number of carbonyl (C=O) groups is 1. The molecule has 0 aliphatic heterocycles. The van der Waals surface area contributed by atoms with Crippen LogP contribution in [0.15, 0.2) is 52.4 Å². The van der Waals surface area contributed by atoms with Gasteiger partial charge in [-0.2, -0.15) is 4.68 Å². The highest BCUT2D eigenvalue weighted by Crippen LogP contribution is 2.23. The van der Waals surface area contributed by atoms with Gasteiger partial charge in [0, 0.05) is 0 Å². The summed E-state index contributed by atoms with van der Waals surface area (Å²) < 4.78 is 2.94. The van der Waals surface area contributed by atoms with E-state index in [9.17, 15) is 9.59 Å². The molecule has 2 aromatic heterocycles. The van der Waals surface area contributed by atoms with Gasteiger partial charge in [0.25, 0.3) is 5.56 Å². The number of benzene rings is 2. The van der Waals surface area contributed by atoms with Gasteiger partial charge in [0.1, 0.15) is 12.4 Å². The molecule has 0 unspecified atom stereocenters. The zero-order chi connectivity index (χ0) is 21.3. The van der Waals surface area contributed by atoms with Crippen LogP contribution in [0.1, 0.15) is 17.0 Å². The Bertz CT molecular complexity index is 1310. The van der Waals surface area contributed by atoms with Crippen LogP contribution in [0.4, 0.5) is 0 Å². The summed E-state index contributed by atoms with van der Waals surface area (Å²) in [7, 11) is 0. The molecule has 4 rings (SSSR count). The highest BCUT2D eigenvalue weighted by atomic mass is 32.2. The van der Waals surface area contributed by atoms with Crippen LogP contribution in [-0.4, -0.2) is 35.7 Å². The Balaban J connectivity index is 1.69. The van der Waals surface area contributed by atoms with E-state index < -0.39 is 5.91 Å². The second kappa shape index (κ2) is 8.07. The van der Waals surface area contributed by atoms with E-state index in [-0.39, 0.29) is 12.1 Å². The van der Waals surface area contributed by atoms with Crippen LogP contribution >= 0.6 is 11.8 Å². The molecule has 9 nitrogen and oxygen atoms in total. The minimum atomic E-state index is -0.611. The van der Waals surface area contributed by atoms with Crippen LogP contribution in [0.5, 0.6) is 0 Å². The number of hydrogen-bond acceptors (Lipinski definition) is 7. The molecule has 10 heteroatoms. The van der Waals surface area contributed by atoms with Crippen molar-refractivity contribution in [3.8, 4) is 5.69 Å². The zero-order valence-corrected chi connectivity index (χ0v) is 17.3. The Morgan fingerprint density at radius 2 is 1.93 bits per heavy atom. The van der Waals surface area contributed by atoms with Crippen LogP contribution in [-0.2, 0) is 17.1 Å². The van der Waals surface area contributed by atoms with E-state index in [1.807, 2.05) is 38.1 Å². The molecule has 0 bridgehead atoms. The first kappa shape index (κ1) is 19.8. The molecule has 0 aliphatic rings. The van der Waals surface area contributed by atoms with Gasteiger partial charge in [-0.05, 0) is 59.7 Å². The number of hydrogen-bond donors (Lipinski definition) is 1. The fourth-order valence-corrected chi connectivity index (χ4v) is 3.90. The molecule has 4 aromatic rings. The Hall–Kier alpha value is -3.53. The molecular formula is C20H19N7O2S. The summed E-state index contributed by atoms with van der Waals surface area (Å²) in [5.74, 6) is 0.107. The number of nitrogens with zero attached hydrogens (tertiary/aromatic N) is 6. The van der Waals surface area contributed by atoms with Gasteiger partial charge in [-0.15, -0.1) is 5.10 Å². The van der Waals surface area contributed by atoms with Crippen LogP contribution in [0.2, 0.25) is 0 Å². The first-order chi connectivity index (χ1) is 14.4. The maximum Gasteiger partial charge on any atom is 0.261 e. The third kappa shape index (κ3) is 3.81. The van der Waals surface area contributed by atoms with Gasteiger partial charge >= 0.3 is 0 Å². The summed E-state index contributed by atoms with van der Waals surface area (Å²) in [6.45, 7) is 3.82. The number of nitrogens with two attached hydrogens (primary N) is 1. The number of amides is 1. The lowest BCUT2D eigenvalue weighted by atomic mass is 10.1. The Kier molecular flexibility index (Phi) is 5.32. The van der Waals surface area contributed by atoms with Gasteiger partial charge in [0.15, 0.2) is 0 Å².